The average Bonchev–Trinajstić information content (AvgIpc) is 2.47. The third kappa shape index (κ3) is 26.6. The van der Waals surface area contributed by atoms with Crippen LogP contribution < -0.4 is 0 Å². The van der Waals surface area contributed by atoms with Crippen LogP contribution in [0.2, 0.25) is 0 Å². The molecule has 0 aliphatic heterocycles. The van der Waals surface area contributed by atoms with Gasteiger partial charge in [0, 0.05) is 0 Å². The van der Waals surface area contributed by atoms with Crippen molar-refractivity contribution in [2.75, 3.05) is 0 Å². The second-order valence-electron chi connectivity index (χ2n) is 2.29. The lowest BCUT2D eigenvalue weighted by Gasteiger charge is -2.04. The monoisotopic (exact) mass is 642 g/mol. The van der Waals surface area contributed by atoms with Gasteiger partial charge in [-0.1, -0.05) is 143 Å². The Hall–Kier alpha value is 8.60. The Morgan fingerprint density at radius 1 is 0.250 bits per heavy atom. The molecular formula is H22P20. The highest BCUT2D eigenvalue weighted by atomic mass is 33.0. The van der Waals surface area contributed by atoms with E-state index < -0.39 is 0 Å². The molecule has 0 aliphatic carbocycles. The van der Waals surface area contributed by atoms with Gasteiger partial charge in [-0.15, -0.1) is 17.9 Å². The van der Waals surface area contributed by atoms with Crippen molar-refractivity contribution in [1.82, 2.24) is 0 Å². The van der Waals surface area contributed by atoms with Crippen molar-refractivity contribution in [3.63, 3.8) is 0 Å². The molecule has 0 aromatic rings. The molecule has 20 heavy (non-hydrogen) atoms. The van der Waals surface area contributed by atoms with Crippen molar-refractivity contribution in [2.24, 2.45) is 0 Å². The van der Waals surface area contributed by atoms with E-state index in [9.17, 15) is 0 Å². The Morgan fingerprint density at radius 3 is 0.550 bits per heavy atom. The predicted molar refractivity (Wildman–Crippen MR) is 169 cm³/mol. The van der Waals surface area contributed by atoms with Crippen LogP contribution in [0.3, 0.4) is 0 Å². The molecular weight excluding hydrogens is 619 g/mol. The molecule has 0 rings (SSSR count). The standard InChI is InChI=1S/H22P20/c1-3-5-7-9-11-13-15-17-19-20-18-16-14-12-10-8-6-4-2/h3-20H,1-2H2. The van der Waals surface area contributed by atoms with Gasteiger partial charge in [-0.25, -0.2) is 0 Å². The third-order valence-corrected chi connectivity index (χ3v) is 87.6. The third-order valence-electron chi connectivity index (χ3n) is 1.08. The largest absolute Gasteiger partial charge is 0.110 e. The van der Waals surface area contributed by atoms with Crippen LogP contribution in [-0.2, 0) is 0 Å². The Labute approximate surface area is 160 Å². The van der Waals surface area contributed by atoms with E-state index in [-0.39, 0.29) is 0 Å². The van der Waals surface area contributed by atoms with Crippen molar-refractivity contribution < 1.29 is 0 Å². The highest BCUT2D eigenvalue weighted by Crippen LogP contribution is 2.85. The molecule has 0 aromatic heterocycles. The van der Waals surface area contributed by atoms with Gasteiger partial charge in [-0.05, 0) is 0 Å². The quantitative estimate of drug-likeness (QED) is 0.110. The van der Waals surface area contributed by atoms with Gasteiger partial charge in [0.1, 0.15) is 0 Å². The van der Waals surface area contributed by atoms with E-state index in [0.717, 1.165) is 15.9 Å². The second kappa shape index (κ2) is 27.6. The molecule has 0 saturated heterocycles. The van der Waals surface area contributed by atoms with Gasteiger partial charge >= 0.3 is 0 Å². The van der Waals surface area contributed by atoms with Crippen LogP contribution in [0.1, 0.15) is 0 Å². The van der Waals surface area contributed by atoms with Crippen LogP contribution in [-0.4, -0.2) is 0 Å². The van der Waals surface area contributed by atoms with Gasteiger partial charge in [-0.3, -0.25) is 0 Å². The van der Waals surface area contributed by atoms with Gasteiger partial charge in [0.15, 0.2) is 0 Å². The molecule has 122 valence electrons. The highest BCUT2D eigenvalue weighted by Gasteiger charge is 1.92. The van der Waals surface area contributed by atoms with Crippen LogP contribution in [0.15, 0.2) is 0 Å². The van der Waals surface area contributed by atoms with Gasteiger partial charge < -0.3 is 0 Å². The summed E-state index contributed by atoms with van der Waals surface area (Å²) in [4.78, 5) is 0. The molecule has 0 saturated carbocycles. The maximum atomic E-state index is 2.89. The molecule has 0 bridgehead atoms. The average molecular weight is 642 g/mol. The zero-order chi connectivity index (χ0) is 14.7. The summed E-state index contributed by atoms with van der Waals surface area (Å²) in [6.45, 7) is 0. The van der Waals surface area contributed by atoms with E-state index in [1.807, 2.05) is 0 Å². The Morgan fingerprint density at radius 2 is 0.400 bits per heavy atom. The molecule has 0 aromatic carbocycles. The molecule has 20 heteroatoms. The van der Waals surface area contributed by atoms with Crippen LogP contribution in [0.5, 0.6) is 0 Å². The molecule has 0 amide bonds. The summed E-state index contributed by atoms with van der Waals surface area (Å²) >= 11 is 0. The lowest BCUT2D eigenvalue weighted by Crippen LogP contribution is -1.12. The van der Waals surface area contributed by atoms with E-state index in [1.54, 1.807) is 0 Å². The number of rotatable bonds is 17. The molecule has 0 N–H and O–H groups in total. The molecule has 0 spiro atoms. The van der Waals surface area contributed by atoms with E-state index in [2.05, 4.69) is 17.9 Å². The lowest BCUT2D eigenvalue weighted by atomic mass is 29.0. The fourth-order valence-electron chi connectivity index (χ4n) is 0.510. The lowest BCUT2D eigenvalue weighted by molar-refractivity contribution is 4.94. The normalized spacial score (nSPS) is 21.9. The van der Waals surface area contributed by atoms with E-state index in [4.69, 9.17) is 0 Å². The van der Waals surface area contributed by atoms with Crippen LogP contribution >= 0.6 is 161 Å². The van der Waals surface area contributed by atoms with Gasteiger partial charge in [0.05, 0.1) is 0 Å². The maximum Gasteiger partial charge on any atom is -0.0677 e. The highest BCUT2D eigenvalue weighted by molar-refractivity contribution is 8.91. The van der Waals surface area contributed by atoms with Crippen LogP contribution in [0.4, 0.5) is 0 Å². The van der Waals surface area contributed by atoms with Crippen molar-refractivity contribution in [3.8, 4) is 0 Å². The van der Waals surface area contributed by atoms with Crippen LogP contribution in [0, 0.1) is 0 Å². The zero-order valence-corrected chi connectivity index (χ0v) is 30.5. The maximum absolute atomic E-state index is 2.89. The van der Waals surface area contributed by atoms with E-state index in [0.29, 0.717) is 0 Å². The minimum Gasteiger partial charge on any atom is -0.110 e. The summed E-state index contributed by atoms with van der Waals surface area (Å²) in [5.41, 5.74) is 0. The zero-order valence-electron chi connectivity index (χ0n) is 10.2. The Balaban J connectivity index is 2.89. The van der Waals surface area contributed by atoms with Crippen molar-refractivity contribution in [1.29, 1.82) is 0 Å². The Bertz CT molecular complexity index is 132. The van der Waals surface area contributed by atoms with Crippen molar-refractivity contribution in [2.45, 2.75) is 0 Å². The SMILES string of the molecule is PPPPPPPPPPPPPPPPPPPP. The van der Waals surface area contributed by atoms with Crippen molar-refractivity contribution >= 4 is 161 Å². The first-order valence-electron chi connectivity index (χ1n) is 4.83. The summed E-state index contributed by atoms with van der Waals surface area (Å²) in [7, 11) is 29.7. The summed E-state index contributed by atoms with van der Waals surface area (Å²) in [5, 5.41) is 0. The predicted octanol–water partition coefficient (Wildman–Crippen LogP) is 11.3. The molecule has 20 unspecified atom stereocenters. The minimum atomic E-state index is 1.15. The molecule has 20 atom stereocenters. The van der Waals surface area contributed by atoms with Crippen molar-refractivity contribution in [3.05, 3.63) is 0 Å². The topological polar surface area (TPSA) is 0 Å². The van der Waals surface area contributed by atoms with E-state index >= 15 is 0 Å². The summed E-state index contributed by atoms with van der Waals surface area (Å²) in [5.74, 6) is 0. The van der Waals surface area contributed by atoms with Gasteiger partial charge in [-0.2, -0.15) is 0 Å². The number of hydrogen-bond donors (Lipinski definition) is 0. The fraction of sp³-hybridized carbons (Fsp3) is 0. The summed E-state index contributed by atoms with van der Waals surface area (Å²) in [6, 6.07) is 0. The number of hydrogen-bond acceptors (Lipinski definition) is 0. The first kappa shape index (κ1) is 28.6. The smallest absolute Gasteiger partial charge is 0.0677 e. The van der Waals surface area contributed by atoms with Gasteiger partial charge in [0.2, 0.25) is 0 Å². The summed E-state index contributed by atoms with van der Waals surface area (Å²) in [6.07, 6.45) is 0. The fourth-order valence-corrected chi connectivity index (χ4v) is 124. The molecule has 0 fully saturated rings. The molecule has 0 aliphatic rings. The Kier molecular flexibility index (Phi) is 39.5. The molecule has 0 nitrogen and oxygen atoms in total. The second-order valence-corrected chi connectivity index (χ2v) is 61.8. The summed E-state index contributed by atoms with van der Waals surface area (Å²) < 4.78 is 0. The first-order valence-corrected chi connectivity index (χ1v) is 43.4. The first-order chi connectivity index (χ1) is 9.91. The van der Waals surface area contributed by atoms with E-state index in [1.165, 1.54) is 127 Å². The molecule has 0 heterocycles. The molecule has 0 radical (unpaired) electrons. The van der Waals surface area contributed by atoms with Gasteiger partial charge in [0.25, 0.3) is 0 Å². The van der Waals surface area contributed by atoms with Crippen LogP contribution in [0.25, 0.3) is 0 Å². The minimum absolute atomic E-state index is 1.15.